The summed E-state index contributed by atoms with van der Waals surface area (Å²) in [4.78, 5) is 26.4. The van der Waals surface area contributed by atoms with Crippen LogP contribution in [0.4, 0.5) is 23.0 Å². The number of nitrogens with one attached hydrogen (secondary N) is 2. The Kier molecular flexibility index (Phi) is 9.46. The van der Waals surface area contributed by atoms with Crippen molar-refractivity contribution in [3.8, 4) is 11.3 Å². The van der Waals surface area contributed by atoms with Crippen LogP contribution in [0, 0.1) is 0 Å². The fraction of sp³-hybridized carbons (Fsp3) is 0.400. The van der Waals surface area contributed by atoms with E-state index in [0.717, 1.165) is 54.3 Å². The third-order valence-electron chi connectivity index (χ3n) is 8.31. The Morgan fingerprint density at radius 1 is 1.05 bits per heavy atom. The van der Waals surface area contributed by atoms with Crippen LogP contribution in [-0.4, -0.2) is 59.6 Å². The van der Waals surface area contributed by atoms with E-state index in [0.29, 0.717) is 17.9 Å². The fourth-order valence-corrected chi connectivity index (χ4v) is 5.59. The van der Waals surface area contributed by atoms with Crippen LogP contribution in [0.25, 0.3) is 22.2 Å². The van der Waals surface area contributed by atoms with E-state index in [2.05, 4.69) is 94.2 Å². The molecular formula is C35H45N7O. The van der Waals surface area contributed by atoms with E-state index < -0.39 is 0 Å². The zero-order chi connectivity index (χ0) is 30.5. The Balaban J connectivity index is 0.00000180. The lowest BCUT2D eigenvalue weighted by atomic mass is 9.79. The molecular weight excluding hydrogens is 534 g/mol. The minimum atomic E-state index is -0.236. The zero-order valence-electron chi connectivity index (χ0n) is 26.2. The van der Waals surface area contributed by atoms with Gasteiger partial charge in [-0.3, -0.25) is 4.79 Å². The van der Waals surface area contributed by atoms with Crippen molar-refractivity contribution in [3.63, 3.8) is 0 Å². The number of hydrogen-bond acceptors (Lipinski definition) is 6. The molecule has 0 atom stereocenters. The number of amides is 1. The van der Waals surface area contributed by atoms with E-state index in [1.54, 1.807) is 0 Å². The molecule has 0 bridgehead atoms. The molecule has 8 heteroatoms. The van der Waals surface area contributed by atoms with Crippen LogP contribution < -0.4 is 15.5 Å². The van der Waals surface area contributed by atoms with Gasteiger partial charge in [0.05, 0.1) is 17.1 Å². The molecule has 0 spiro atoms. The standard InChI is InChI=1S/C33H39N7O.C2H6/c1-5-32(41)35-29-20-28(25(22-9-8-10-22)19-31(29)39(4)18-17-38(2)3)37-33-34-16-15-27(36-33)26-21-40(23-13-14-23)30-12-7-6-11-24(26)30;1-2/h5-7,11-12,15-16,19-23H,1,8-10,13-14,17-18H2,2-4H3,(H,35,41)(H,34,36,37);1-2H3. The van der Waals surface area contributed by atoms with Gasteiger partial charge in [0.25, 0.3) is 0 Å². The second-order valence-corrected chi connectivity index (χ2v) is 11.6. The van der Waals surface area contributed by atoms with Crippen LogP contribution in [0.15, 0.2) is 67.5 Å². The molecule has 4 aromatic rings. The Labute approximate surface area is 255 Å². The molecule has 2 fully saturated rings. The molecule has 43 heavy (non-hydrogen) atoms. The topological polar surface area (TPSA) is 78.3 Å². The molecule has 2 aliphatic carbocycles. The largest absolute Gasteiger partial charge is 0.372 e. The van der Waals surface area contributed by atoms with Gasteiger partial charge in [-0.15, -0.1) is 0 Å². The summed E-state index contributed by atoms with van der Waals surface area (Å²) < 4.78 is 2.40. The van der Waals surface area contributed by atoms with Crippen molar-refractivity contribution in [2.75, 3.05) is 49.8 Å². The van der Waals surface area contributed by atoms with Gasteiger partial charge in [0.2, 0.25) is 11.9 Å². The molecule has 2 aromatic heterocycles. The minimum Gasteiger partial charge on any atom is -0.372 e. The number of hydrogen-bond donors (Lipinski definition) is 2. The third-order valence-corrected chi connectivity index (χ3v) is 8.31. The fourth-order valence-electron chi connectivity index (χ4n) is 5.59. The second kappa shape index (κ2) is 13.4. The van der Waals surface area contributed by atoms with Crippen molar-refractivity contribution in [1.82, 2.24) is 19.4 Å². The summed E-state index contributed by atoms with van der Waals surface area (Å²) in [5.74, 6) is 0.767. The first-order valence-electron chi connectivity index (χ1n) is 15.6. The lowest BCUT2D eigenvalue weighted by Crippen LogP contribution is -2.29. The van der Waals surface area contributed by atoms with Gasteiger partial charge in [0, 0.05) is 60.7 Å². The first kappa shape index (κ1) is 30.3. The quantitative estimate of drug-likeness (QED) is 0.178. The maximum absolute atomic E-state index is 12.4. The predicted molar refractivity (Wildman–Crippen MR) is 180 cm³/mol. The van der Waals surface area contributed by atoms with E-state index in [4.69, 9.17) is 4.98 Å². The number of likely N-dealkylation sites (N-methyl/N-ethyl adjacent to an activating group) is 2. The SMILES string of the molecule is C=CC(=O)Nc1cc(Nc2nccc(-c3cn(C4CC4)c4ccccc34)n2)c(C2CCC2)cc1N(C)CCN(C)C.CC. The summed E-state index contributed by atoms with van der Waals surface area (Å²) in [6.45, 7) is 9.39. The maximum atomic E-state index is 12.4. The van der Waals surface area contributed by atoms with E-state index in [9.17, 15) is 4.79 Å². The molecule has 0 aliphatic heterocycles. The van der Waals surface area contributed by atoms with E-state index in [-0.39, 0.29) is 5.91 Å². The number of rotatable bonds is 11. The van der Waals surface area contributed by atoms with Crippen LogP contribution in [0.1, 0.15) is 63.5 Å². The van der Waals surface area contributed by atoms with Crippen LogP contribution in [0.3, 0.4) is 0 Å². The number of carbonyl (C=O) groups excluding carboxylic acids is 1. The highest BCUT2D eigenvalue weighted by molar-refractivity contribution is 6.02. The molecule has 0 saturated heterocycles. The monoisotopic (exact) mass is 579 g/mol. The molecule has 8 nitrogen and oxygen atoms in total. The molecule has 6 rings (SSSR count). The number of carbonyl (C=O) groups is 1. The Morgan fingerprint density at radius 3 is 2.49 bits per heavy atom. The summed E-state index contributed by atoms with van der Waals surface area (Å²) in [6.07, 6.45) is 11.3. The number of anilines is 4. The minimum absolute atomic E-state index is 0.236. The van der Waals surface area contributed by atoms with Crippen LogP contribution in [-0.2, 0) is 4.79 Å². The molecule has 226 valence electrons. The number of fused-ring (bicyclic) bond motifs is 1. The Hall–Kier alpha value is -4.17. The normalized spacial score (nSPS) is 14.6. The molecule has 1 amide bonds. The van der Waals surface area contributed by atoms with Gasteiger partial charge >= 0.3 is 0 Å². The predicted octanol–water partition coefficient (Wildman–Crippen LogP) is 7.59. The lowest BCUT2D eigenvalue weighted by molar-refractivity contribution is -0.111. The highest BCUT2D eigenvalue weighted by atomic mass is 16.1. The number of aromatic nitrogens is 3. The van der Waals surface area contributed by atoms with Crippen molar-refractivity contribution in [2.24, 2.45) is 0 Å². The summed E-state index contributed by atoms with van der Waals surface area (Å²) in [5, 5.41) is 7.78. The average molecular weight is 580 g/mol. The van der Waals surface area contributed by atoms with Gasteiger partial charge in [0.15, 0.2) is 0 Å². The molecule has 0 unspecified atom stereocenters. The molecule has 2 N–H and O–H groups in total. The first-order valence-corrected chi connectivity index (χ1v) is 15.6. The second-order valence-electron chi connectivity index (χ2n) is 11.6. The number of benzene rings is 2. The number of para-hydroxylation sites is 1. The highest BCUT2D eigenvalue weighted by Crippen LogP contribution is 2.45. The summed E-state index contributed by atoms with van der Waals surface area (Å²) in [7, 11) is 6.21. The van der Waals surface area contributed by atoms with Crippen molar-refractivity contribution in [2.45, 2.75) is 57.9 Å². The highest BCUT2D eigenvalue weighted by Gasteiger charge is 2.27. The van der Waals surface area contributed by atoms with Crippen molar-refractivity contribution < 1.29 is 4.79 Å². The van der Waals surface area contributed by atoms with Gasteiger partial charge in [-0.25, -0.2) is 9.97 Å². The van der Waals surface area contributed by atoms with E-state index in [1.165, 1.54) is 41.8 Å². The number of nitrogens with zero attached hydrogens (tertiary/aromatic N) is 5. The van der Waals surface area contributed by atoms with E-state index >= 15 is 0 Å². The van der Waals surface area contributed by atoms with Gasteiger partial charge in [-0.05, 0) is 81.6 Å². The summed E-state index contributed by atoms with van der Waals surface area (Å²) in [5.41, 5.74) is 7.16. The van der Waals surface area contributed by atoms with Gasteiger partial charge in [0.1, 0.15) is 0 Å². The van der Waals surface area contributed by atoms with Gasteiger partial charge < -0.3 is 25.0 Å². The molecule has 0 radical (unpaired) electrons. The van der Waals surface area contributed by atoms with Crippen molar-refractivity contribution in [3.05, 3.63) is 73.1 Å². The average Bonchev–Trinajstić information content (AvgIpc) is 3.77. The summed E-state index contributed by atoms with van der Waals surface area (Å²) in [6, 6.07) is 15.4. The van der Waals surface area contributed by atoms with Gasteiger partial charge in [-0.2, -0.15) is 0 Å². The van der Waals surface area contributed by atoms with E-state index in [1.807, 2.05) is 32.2 Å². The van der Waals surface area contributed by atoms with Gasteiger partial charge in [-0.1, -0.05) is 45.0 Å². The first-order chi connectivity index (χ1) is 20.9. The van der Waals surface area contributed by atoms with Crippen molar-refractivity contribution >= 4 is 39.8 Å². The zero-order valence-corrected chi connectivity index (χ0v) is 26.2. The maximum Gasteiger partial charge on any atom is 0.247 e. The Bertz CT molecular complexity index is 1580. The van der Waals surface area contributed by atoms with Crippen molar-refractivity contribution in [1.29, 1.82) is 0 Å². The summed E-state index contributed by atoms with van der Waals surface area (Å²) >= 11 is 0. The van der Waals surface area contributed by atoms with Crippen LogP contribution in [0.2, 0.25) is 0 Å². The smallest absolute Gasteiger partial charge is 0.247 e. The lowest BCUT2D eigenvalue weighted by Gasteiger charge is -2.31. The molecule has 2 aromatic carbocycles. The van der Waals surface area contributed by atoms with Crippen LogP contribution in [0.5, 0.6) is 0 Å². The molecule has 2 heterocycles. The third kappa shape index (κ3) is 6.75. The molecule has 2 saturated carbocycles. The van der Waals surface area contributed by atoms with Crippen LogP contribution >= 0.6 is 0 Å². The molecule has 2 aliphatic rings. The Morgan fingerprint density at radius 2 is 1.81 bits per heavy atom.